The first-order chi connectivity index (χ1) is 8.20. The second-order valence-electron chi connectivity index (χ2n) is 4.29. The summed E-state index contributed by atoms with van der Waals surface area (Å²) in [5, 5.41) is 10.0. The van der Waals surface area contributed by atoms with Gasteiger partial charge in [0.25, 0.3) is 0 Å². The molecule has 0 radical (unpaired) electrons. The van der Waals surface area contributed by atoms with Gasteiger partial charge in [-0.1, -0.05) is 6.07 Å². The van der Waals surface area contributed by atoms with Crippen LogP contribution < -0.4 is 5.73 Å². The lowest BCUT2D eigenvalue weighted by Gasteiger charge is -2.23. The van der Waals surface area contributed by atoms with Crippen LogP contribution in [0.25, 0.3) is 0 Å². The molecule has 92 valence electrons. The predicted molar refractivity (Wildman–Crippen MR) is 63.0 cm³/mol. The van der Waals surface area contributed by atoms with Gasteiger partial charge in [-0.25, -0.2) is 0 Å². The van der Waals surface area contributed by atoms with Gasteiger partial charge in [-0.2, -0.15) is 0 Å². The Morgan fingerprint density at radius 3 is 2.76 bits per heavy atom. The van der Waals surface area contributed by atoms with Crippen molar-refractivity contribution in [2.45, 2.75) is 25.0 Å². The van der Waals surface area contributed by atoms with Gasteiger partial charge in [0.2, 0.25) is 5.91 Å². The highest BCUT2D eigenvalue weighted by atomic mass is 16.3. The fourth-order valence-electron chi connectivity index (χ4n) is 2.04. The summed E-state index contributed by atoms with van der Waals surface area (Å²) in [6.07, 6.45) is 4.19. The van der Waals surface area contributed by atoms with Gasteiger partial charge < -0.3 is 15.7 Å². The van der Waals surface area contributed by atoms with Crippen LogP contribution in [0.1, 0.15) is 24.5 Å². The summed E-state index contributed by atoms with van der Waals surface area (Å²) in [4.78, 5) is 17.6. The van der Waals surface area contributed by atoms with Crippen LogP contribution >= 0.6 is 0 Å². The van der Waals surface area contributed by atoms with Crippen LogP contribution in [0.2, 0.25) is 0 Å². The van der Waals surface area contributed by atoms with E-state index in [0.717, 1.165) is 25.9 Å². The highest BCUT2D eigenvalue weighted by molar-refractivity contribution is 5.82. The predicted octanol–water partition coefficient (Wildman–Crippen LogP) is 0.0647. The maximum absolute atomic E-state index is 12.0. The largest absolute Gasteiger partial charge is 0.386 e. The van der Waals surface area contributed by atoms with E-state index in [9.17, 15) is 9.90 Å². The summed E-state index contributed by atoms with van der Waals surface area (Å²) in [6, 6.07) is 2.53. The number of pyridine rings is 1. The Hall–Kier alpha value is -1.46. The number of aliphatic hydroxyl groups is 1. The highest BCUT2D eigenvalue weighted by Crippen LogP contribution is 2.17. The third-order valence-electron chi connectivity index (χ3n) is 3.07. The van der Waals surface area contributed by atoms with Crippen LogP contribution in [-0.4, -0.2) is 40.0 Å². The van der Waals surface area contributed by atoms with Crippen LogP contribution in [0.5, 0.6) is 0 Å². The molecular weight excluding hydrogens is 218 g/mol. The zero-order chi connectivity index (χ0) is 12.3. The topological polar surface area (TPSA) is 79.5 Å². The molecular formula is C12H17N3O2. The molecule has 1 aromatic rings. The number of aliphatic hydroxyl groups excluding tert-OH is 1. The Kier molecular flexibility index (Phi) is 3.71. The van der Waals surface area contributed by atoms with Crippen LogP contribution in [0.3, 0.4) is 0 Å². The summed E-state index contributed by atoms with van der Waals surface area (Å²) < 4.78 is 0. The van der Waals surface area contributed by atoms with Crippen LogP contribution in [0.15, 0.2) is 24.5 Å². The molecule has 1 fully saturated rings. The average Bonchev–Trinajstić information content (AvgIpc) is 2.91. The van der Waals surface area contributed by atoms with Gasteiger partial charge in [0, 0.05) is 31.0 Å². The van der Waals surface area contributed by atoms with Gasteiger partial charge in [-0.15, -0.1) is 0 Å². The van der Waals surface area contributed by atoms with Gasteiger partial charge in [0.05, 0.1) is 0 Å². The number of likely N-dealkylation sites (tertiary alicyclic amines) is 1. The van der Waals surface area contributed by atoms with Crippen molar-refractivity contribution in [1.82, 2.24) is 9.88 Å². The fraction of sp³-hybridized carbons (Fsp3) is 0.500. The van der Waals surface area contributed by atoms with E-state index in [-0.39, 0.29) is 5.91 Å². The number of nitrogens with two attached hydrogens (primary N) is 1. The third-order valence-corrected chi connectivity index (χ3v) is 3.07. The van der Waals surface area contributed by atoms with Crippen molar-refractivity contribution in [3.05, 3.63) is 30.1 Å². The minimum Gasteiger partial charge on any atom is -0.386 e. The number of rotatable bonds is 3. The zero-order valence-electron chi connectivity index (χ0n) is 9.62. The SMILES string of the molecule is NC(C(=O)N1CCCC1)C(O)c1cccnc1. The molecule has 2 atom stereocenters. The van der Waals surface area contributed by atoms with E-state index < -0.39 is 12.1 Å². The van der Waals surface area contributed by atoms with Gasteiger partial charge in [0.1, 0.15) is 12.1 Å². The van der Waals surface area contributed by atoms with Crippen LogP contribution in [0.4, 0.5) is 0 Å². The molecule has 17 heavy (non-hydrogen) atoms. The zero-order valence-corrected chi connectivity index (χ0v) is 9.62. The van der Waals surface area contributed by atoms with Crippen LogP contribution in [-0.2, 0) is 4.79 Å². The molecule has 0 aromatic carbocycles. The van der Waals surface area contributed by atoms with E-state index in [2.05, 4.69) is 4.98 Å². The first-order valence-electron chi connectivity index (χ1n) is 5.82. The molecule has 1 aliphatic rings. The quantitative estimate of drug-likeness (QED) is 0.776. The number of nitrogens with zero attached hydrogens (tertiary/aromatic N) is 2. The molecule has 2 rings (SSSR count). The lowest BCUT2D eigenvalue weighted by molar-refractivity contribution is -0.134. The summed E-state index contributed by atoms with van der Waals surface area (Å²) >= 11 is 0. The van der Waals surface area contributed by atoms with Gasteiger partial charge in [0.15, 0.2) is 0 Å². The number of carbonyl (C=O) groups is 1. The Morgan fingerprint density at radius 2 is 2.18 bits per heavy atom. The van der Waals surface area contributed by atoms with Crippen molar-refractivity contribution in [3.63, 3.8) is 0 Å². The second kappa shape index (κ2) is 5.25. The van der Waals surface area contributed by atoms with Crippen molar-refractivity contribution < 1.29 is 9.90 Å². The molecule has 0 bridgehead atoms. The lowest BCUT2D eigenvalue weighted by Crippen LogP contribution is -2.45. The van der Waals surface area contributed by atoms with E-state index in [4.69, 9.17) is 5.73 Å². The van der Waals surface area contributed by atoms with Gasteiger partial charge in [-0.05, 0) is 18.9 Å². The monoisotopic (exact) mass is 235 g/mol. The standard InChI is InChI=1S/C12H17N3O2/c13-10(12(17)15-6-1-2-7-15)11(16)9-4-3-5-14-8-9/h3-5,8,10-11,16H,1-2,6-7,13H2. The van der Waals surface area contributed by atoms with Crippen LogP contribution in [0, 0.1) is 0 Å². The molecule has 0 saturated carbocycles. The summed E-state index contributed by atoms with van der Waals surface area (Å²) in [5.74, 6) is -0.182. The maximum Gasteiger partial charge on any atom is 0.242 e. The molecule has 2 heterocycles. The minimum atomic E-state index is -0.989. The molecule has 5 nitrogen and oxygen atoms in total. The molecule has 1 saturated heterocycles. The van der Waals surface area contributed by atoms with Crippen molar-refractivity contribution >= 4 is 5.91 Å². The van der Waals surface area contributed by atoms with Crippen molar-refractivity contribution in [1.29, 1.82) is 0 Å². The fourth-order valence-corrected chi connectivity index (χ4v) is 2.04. The Balaban J connectivity index is 2.04. The molecule has 2 unspecified atom stereocenters. The number of hydrogen-bond donors (Lipinski definition) is 2. The highest BCUT2D eigenvalue weighted by Gasteiger charge is 2.29. The Labute approximate surface area is 100 Å². The van der Waals surface area contributed by atoms with E-state index in [0.29, 0.717) is 5.56 Å². The summed E-state index contributed by atoms with van der Waals surface area (Å²) in [5.41, 5.74) is 6.38. The smallest absolute Gasteiger partial charge is 0.242 e. The van der Waals surface area contributed by atoms with Gasteiger partial charge >= 0.3 is 0 Å². The van der Waals surface area contributed by atoms with E-state index in [1.165, 1.54) is 6.20 Å². The molecule has 3 N–H and O–H groups in total. The Morgan fingerprint density at radius 1 is 1.47 bits per heavy atom. The number of carbonyl (C=O) groups excluding carboxylic acids is 1. The van der Waals surface area contributed by atoms with E-state index in [1.54, 1.807) is 23.2 Å². The molecule has 0 aliphatic carbocycles. The first-order valence-corrected chi connectivity index (χ1v) is 5.82. The molecule has 5 heteroatoms. The molecule has 1 amide bonds. The third kappa shape index (κ3) is 2.62. The molecule has 1 aliphatic heterocycles. The van der Waals surface area contributed by atoms with Crippen molar-refractivity contribution in [2.24, 2.45) is 5.73 Å². The molecule has 0 spiro atoms. The summed E-state index contributed by atoms with van der Waals surface area (Å²) in [6.45, 7) is 1.48. The maximum atomic E-state index is 12.0. The minimum absolute atomic E-state index is 0.182. The average molecular weight is 235 g/mol. The first kappa shape index (κ1) is 12.0. The van der Waals surface area contributed by atoms with E-state index >= 15 is 0 Å². The summed E-state index contributed by atoms with van der Waals surface area (Å²) in [7, 11) is 0. The number of amides is 1. The Bertz CT molecular complexity index is 377. The van der Waals surface area contributed by atoms with Crippen molar-refractivity contribution in [2.75, 3.05) is 13.1 Å². The normalized spacial score (nSPS) is 19.1. The molecule has 1 aromatic heterocycles. The number of hydrogen-bond acceptors (Lipinski definition) is 4. The van der Waals surface area contributed by atoms with E-state index in [1.807, 2.05) is 0 Å². The lowest BCUT2D eigenvalue weighted by atomic mass is 10.0. The van der Waals surface area contributed by atoms with Crippen molar-refractivity contribution in [3.8, 4) is 0 Å². The van der Waals surface area contributed by atoms with Gasteiger partial charge in [-0.3, -0.25) is 9.78 Å². The number of aromatic nitrogens is 1. The second-order valence-corrected chi connectivity index (χ2v) is 4.29.